The molecule has 1 aliphatic heterocycles. The minimum atomic E-state index is 0.224. The molecule has 0 N–H and O–H groups in total. The maximum Gasteiger partial charge on any atom is 0.0629 e. The van der Waals surface area contributed by atoms with E-state index in [4.69, 9.17) is 0 Å². The molecule has 2 aliphatic rings. The summed E-state index contributed by atoms with van der Waals surface area (Å²) < 4.78 is 2.44. The summed E-state index contributed by atoms with van der Waals surface area (Å²) in [6.07, 6.45) is 9.14. The number of allylic oxidation sites excluding steroid dienone is 2. The lowest BCUT2D eigenvalue weighted by atomic mass is 9.91. The van der Waals surface area contributed by atoms with E-state index in [2.05, 4.69) is 204 Å². The maximum absolute atomic E-state index is 2.54. The molecule has 2 heteroatoms. The van der Waals surface area contributed by atoms with E-state index in [9.17, 15) is 0 Å². The number of para-hydroxylation sites is 1. The molecule has 50 heavy (non-hydrogen) atoms. The zero-order valence-electron chi connectivity index (χ0n) is 27.5. The average molecular weight is 639 g/mol. The normalized spacial score (nSPS) is 16.2. The molecule has 2 atom stereocenters. The Hall–Kier alpha value is -6.38. The Kier molecular flexibility index (Phi) is 6.67. The highest BCUT2D eigenvalue weighted by atomic mass is 15.2. The first-order valence-corrected chi connectivity index (χ1v) is 17.4. The van der Waals surface area contributed by atoms with Gasteiger partial charge in [0.05, 0.1) is 17.1 Å². The second-order valence-electron chi connectivity index (χ2n) is 13.3. The van der Waals surface area contributed by atoms with Gasteiger partial charge in [-0.1, -0.05) is 152 Å². The van der Waals surface area contributed by atoms with Crippen molar-refractivity contribution in [3.63, 3.8) is 0 Å². The van der Waals surface area contributed by atoms with Crippen LogP contribution in [0.4, 0.5) is 11.4 Å². The molecule has 10 rings (SSSR count). The zero-order valence-corrected chi connectivity index (χ0v) is 27.5. The molecule has 1 aromatic heterocycles. The van der Waals surface area contributed by atoms with Crippen molar-refractivity contribution in [3.8, 4) is 39.1 Å². The van der Waals surface area contributed by atoms with E-state index < -0.39 is 0 Å². The van der Waals surface area contributed by atoms with Crippen molar-refractivity contribution in [1.82, 2.24) is 4.57 Å². The molecule has 2 nitrogen and oxygen atoms in total. The second kappa shape index (κ2) is 11.6. The highest BCUT2D eigenvalue weighted by Gasteiger charge is 2.38. The third-order valence-corrected chi connectivity index (χ3v) is 10.5. The van der Waals surface area contributed by atoms with Gasteiger partial charge in [-0.3, -0.25) is 0 Å². The van der Waals surface area contributed by atoms with Crippen molar-refractivity contribution < 1.29 is 0 Å². The predicted octanol–water partition coefficient (Wildman–Crippen LogP) is 12.5. The van der Waals surface area contributed by atoms with Crippen LogP contribution in [0.3, 0.4) is 0 Å². The average Bonchev–Trinajstić information content (AvgIpc) is 3.70. The molecule has 8 aromatic rings. The van der Waals surface area contributed by atoms with E-state index in [1.807, 2.05) is 0 Å². The Morgan fingerprint density at radius 3 is 1.50 bits per heavy atom. The highest BCUT2D eigenvalue weighted by molar-refractivity contribution is 6.11. The number of hydrogen-bond acceptors (Lipinski definition) is 1. The van der Waals surface area contributed by atoms with Crippen molar-refractivity contribution in [2.75, 3.05) is 4.90 Å². The quantitative estimate of drug-likeness (QED) is 0.182. The molecule has 0 radical (unpaired) electrons. The van der Waals surface area contributed by atoms with Crippen molar-refractivity contribution in [2.45, 2.75) is 12.0 Å². The van der Waals surface area contributed by atoms with Crippen LogP contribution < -0.4 is 4.90 Å². The van der Waals surface area contributed by atoms with Gasteiger partial charge in [0.25, 0.3) is 0 Å². The summed E-state index contributed by atoms with van der Waals surface area (Å²) in [6.45, 7) is 0. The number of rotatable bonds is 5. The molecular formula is C48H34N2. The molecule has 2 heterocycles. The van der Waals surface area contributed by atoms with Gasteiger partial charge in [-0.25, -0.2) is 0 Å². The van der Waals surface area contributed by atoms with Crippen LogP contribution in [0.15, 0.2) is 194 Å². The third kappa shape index (κ3) is 4.64. The standard InChI is InChI=1S/C48H34N2/c1-3-11-33(12-4-1)35-19-21-36(22-20-35)38-25-29-40(30-26-38)50-46-18-10-8-16-42(46)44-31-47-43(32-48(44)50)41-15-7-9-17-45(41)49(47)39-27-23-37(24-28-39)34-13-5-2-6-14-34/h1-32,42,46H. The number of anilines is 2. The van der Waals surface area contributed by atoms with E-state index in [1.165, 1.54) is 77.8 Å². The van der Waals surface area contributed by atoms with E-state index in [1.54, 1.807) is 0 Å². The van der Waals surface area contributed by atoms with Crippen molar-refractivity contribution in [2.24, 2.45) is 0 Å². The summed E-state index contributed by atoms with van der Waals surface area (Å²) in [5.41, 5.74) is 14.9. The molecule has 1 aliphatic carbocycles. The van der Waals surface area contributed by atoms with Crippen LogP contribution in [0.25, 0.3) is 60.9 Å². The van der Waals surface area contributed by atoms with Gasteiger partial charge in [0, 0.05) is 33.8 Å². The van der Waals surface area contributed by atoms with Crippen molar-refractivity contribution >= 4 is 33.2 Å². The maximum atomic E-state index is 2.54. The number of benzene rings is 7. The van der Waals surface area contributed by atoms with E-state index >= 15 is 0 Å². The minimum Gasteiger partial charge on any atom is -0.333 e. The number of fused-ring (bicyclic) bond motifs is 6. The minimum absolute atomic E-state index is 0.224. The smallest absolute Gasteiger partial charge is 0.0629 e. The first-order chi connectivity index (χ1) is 24.8. The molecule has 236 valence electrons. The van der Waals surface area contributed by atoms with Crippen LogP contribution in [-0.4, -0.2) is 10.6 Å². The van der Waals surface area contributed by atoms with Crippen LogP contribution in [0.5, 0.6) is 0 Å². The predicted molar refractivity (Wildman–Crippen MR) is 210 cm³/mol. The molecule has 0 saturated carbocycles. The lowest BCUT2D eigenvalue weighted by molar-refractivity contribution is 0.745. The molecule has 0 bridgehead atoms. The summed E-state index contributed by atoms with van der Waals surface area (Å²) in [5.74, 6) is 0.275. The van der Waals surface area contributed by atoms with Crippen LogP contribution in [0, 0.1) is 0 Å². The van der Waals surface area contributed by atoms with Gasteiger partial charge in [-0.2, -0.15) is 0 Å². The SMILES string of the molecule is C1=CC2c3cc4c(cc3N(c3ccc(-c5ccc(-c6ccccc6)cc5)cc3)C2C=C1)c1ccccc1n4-c1ccc(-c2ccccc2)cc1. The summed E-state index contributed by atoms with van der Waals surface area (Å²) in [6, 6.07) is 62.2. The number of aromatic nitrogens is 1. The summed E-state index contributed by atoms with van der Waals surface area (Å²) in [4.78, 5) is 2.54. The fraction of sp³-hybridized carbons (Fsp3) is 0.0417. The van der Waals surface area contributed by atoms with E-state index in [0.29, 0.717) is 0 Å². The summed E-state index contributed by atoms with van der Waals surface area (Å²) in [7, 11) is 0. The molecule has 0 amide bonds. The van der Waals surface area contributed by atoms with Gasteiger partial charge in [0.1, 0.15) is 0 Å². The van der Waals surface area contributed by atoms with Crippen molar-refractivity contribution in [3.05, 3.63) is 200 Å². The monoisotopic (exact) mass is 638 g/mol. The Morgan fingerprint density at radius 2 is 0.880 bits per heavy atom. The molecular weight excluding hydrogens is 605 g/mol. The fourth-order valence-corrected chi connectivity index (χ4v) is 8.11. The van der Waals surface area contributed by atoms with E-state index in [0.717, 1.165) is 0 Å². The first kappa shape index (κ1) is 28.6. The summed E-state index contributed by atoms with van der Waals surface area (Å²) in [5, 5.41) is 2.55. The first-order valence-electron chi connectivity index (χ1n) is 17.4. The van der Waals surface area contributed by atoms with Gasteiger partial charge in [0.15, 0.2) is 0 Å². The molecule has 0 fully saturated rings. The third-order valence-electron chi connectivity index (χ3n) is 10.5. The molecule has 0 saturated heterocycles. The zero-order chi connectivity index (χ0) is 33.0. The van der Waals surface area contributed by atoms with Crippen LogP contribution >= 0.6 is 0 Å². The van der Waals surface area contributed by atoms with Gasteiger partial charge in [-0.15, -0.1) is 0 Å². The van der Waals surface area contributed by atoms with Gasteiger partial charge >= 0.3 is 0 Å². The second-order valence-corrected chi connectivity index (χ2v) is 13.3. The fourth-order valence-electron chi connectivity index (χ4n) is 8.11. The molecule has 2 unspecified atom stereocenters. The Morgan fingerprint density at radius 1 is 0.380 bits per heavy atom. The van der Waals surface area contributed by atoms with Crippen molar-refractivity contribution in [1.29, 1.82) is 0 Å². The molecule has 0 spiro atoms. The largest absolute Gasteiger partial charge is 0.333 e. The van der Waals surface area contributed by atoms with E-state index in [-0.39, 0.29) is 12.0 Å². The lowest BCUT2D eigenvalue weighted by Crippen LogP contribution is -2.28. The van der Waals surface area contributed by atoms with Gasteiger partial charge in [0.2, 0.25) is 0 Å². The number of hydrogen-bond donors (Lipinski definition) is 0. The lowest BCUT2D eigenvalue weighted by Gasteiger charge is -2.29. The Labute approximate surface area is 292 Å². The number of nitrogens with zero attached hydrogens (tertiary/aromatic N) is 2. The molecule has 7 aromatic carbocycles. The van der Waals surface area contributed by atoms with Crippen LogP contribution in [0.1, 0.15) is 11.5 Å². The summed E-state index contributed by atoms with van der Waals surface area (Å²) >= 11 is 0. The Balaban J connectivity index is 1.06. The van der Waals surface area contributed by atoms with Gasteiger partial charge in [-0.05, 0) is 81.4 Å². The highest BCUT2D eigenvalue weighted by Crippen LogP contribution is 2.50. The van der Waals surface area contributed by atoms with Crippen LogP contribution in [-0.2, 0) is 0 Å². The van der Waals surface area contributed by atoms with Gasteiger partial charge < -0.3 is 9.47 Å². The van der Waals surface area contributed by atoms with Crippen LogP contribution in [0.2, 0.25) is 0 Å². The Bertz CT molecular complexity index is 2560. The topological polar surface area (TPSA) is 8.17 Å².